The number of fused-ring (bicyclic) bond motifs is 1. The minimum atomic E-state index is -4.57. The zero-order valence-corrected chi connectivity index (χ0v) is 14.3. The molecule has 28 heavy (non-hydrogen) atoms. The van der Waals surface area contributed by atoms with Crippen LogP contribution in [0.25, 0.3) is 11.5 Å². The first-order valence-electron chi connectivity index (χ1n) is 8.33. The molecule has 1 N–H and O–H groups in total. The van der Waals surface area contributed by atoms with Gasteiger partial charge in [0.15, 0.2) is 11.5 Å². The summed E-state index contributed by atoms with van der Waals surface area (Å²) in [5.74, 6) is -1.79. The molecule has 0 saturated heterocycles. The molecule has 1 aliphatic heterocycles. The van der Waals surface area contributed by atoms with Crippen molar-refractivity contribution < 1.29 is 27.5 Å². The van der Waals surface area contributed by atoms with E-state index in [1.54, 1.807) is 29.2 Å². The minimum absolute atomic E-state index is 0.0409. The molecular weight excluding hydrogens is 379 g/mol. The van der Waals surface area contributed by atoms with Crippen LogP contribution in [0.15, 0.2) is 34.7 Å². The quantitative estimate of drug-likeness (QED) is 0.728. The first kappa shape index (κ1) is 18.2. The van der Waals surface area contributed by atoms with Crippen molar-refractivity contribution in [1.29, 1.82) is 0 Å². The van der Waals surface area contributed by atoms with Crippen molar-refractivity contribution in [3.05, 3.63) is 53.4 Å². The van der Waals surface area contributed by atoms with Gasteiger partial charge in [0, 0.05) is 18.7 Å². The monoisotopic (exact) mass is 393 g/mol. The molecule has 1 aromatic carbocycles. The smallest absolute Gasteiger partial charge is 0.451 e. The lowest BCUT2D eigenvalue weighted by atomic mass is 10.2. The van der Waals surface area contributed by atoms with Gasteiger partial charge in [0.25, 0.3) is 0 Å². The van der Waals surface area contributed by atoms with Gasteiger partial charge in [0.1, 0.15) is 5.82 Å². The molecule has 0 unspecified atom stereocenters. The molecule has 0 aliphatic carbocycles. The molecule has 0 bridgehead atoms. The van der Waals surface area contributed by atoms with Gasteiger partial charge in [-0.2, -0.15) is 13.2 Å². The highest BCUT2D eigenvalue weighted by molar-refractivity contribution is 5.87. The molecule has 3 heterocycles. The van der Waals surface area contributed by atoms with E-state index < -0.39 is 18.0 Å². The highest BCUT2D eigenvalue weighted by atomic mass is 19.4. The van der Waals surface area contributed by atoms with Crippen LogP contribution in [-0.4, -0.2) is 42.3 Å². The van der Waals surface area contributed by atoms with Crippen LogP contribution < -0.4 is 0 Å². The number of oxazole rings is 1. The lowest BCUT2D eigenvalue weighted by molar-refractivity contribution is -0.148. The number of aromatic carboxylic acids is 1. The predicted molar refractivity (Wildman–Crippen MR) is 88.0 cm³/mol. The van der Waals surface area contributed by atoms with E-state index >= 15 is 0 Å². The third-order valence-corrected chi connectivity index (χ3v) is 4.37. The number of carboxylic acid groups (broad SMARTS) is 1. The fourth-order valence-electron chi connectivity index (χ4n) is 3.09. The van der Waals surface area contributed by atoms with Gasteiger partial charge in [-0.25, -0.2) is 9.78 Å². The van der Waals surface area contributed by atoms with E-state index in [1.165, 1.54) is 0 Å². The van der Waals surface area contributed by atoms with Gasteiger partial charge in [0.05, 0.1) is 13.1 Å². The number of carboxylic acids is 1. The Hall–Kier alpha value is -3.21. The topological polar surface area (TPSA) is 97.3 Å². The Balaban J connectivity index is 1.57. The van der Waals surface area contributed by atoms with Gasteiger partial charge < -0.3 is 14.1 Å². The fraction of sp³-hybridized carbons (Fsp3) is 0.294. The number of aromatic nitrogens is 4. The SMILES string of the molecule is O=C(O)c1nc(-c2ccccc2)oc1CN1CCn2c(nnc2C(F)(F)F)C1. The van der Waals surface area contributed by atoms with Crippen LogP contribution in [0.5, 0.6) is 0 Å². The van der Waals surface area contributed by atoms with Crippen LogP contribution in [0.3, 0.4) is 0 Å². The van der Waals surface area contributed by atoms with Crippen LogP contribution >= 0.6 is 0 Å². The molecule has 0 spiro atoms. The normalized spacial score (nSPS) is 14.8. The maximum atomic E-state index is 12.9. The predicted octanol–water partition coefficient (Wildman–Crippen LogP) is 2.67. The molecule has 3 aromatic rings. The van der Waals surface area contributed by atoms with Gasteiger partial charge >= 0.3 is 12.1 Å². The molecule has 0 atom stereocenters. The van der Waals surface area contributed by atoms with Crippen molar-refractivity contribution in [2.45, 2.75) is 25.8 Å². The Labute approximate surface area is 156 Å². The number of nitrogens with zero attached hydrogens (tertiary/aromatic N) is 5. The summed E-state index contributed by atoms with van der Waals surface area (Å²) in [5, 5.41) is 16.3. The molecule has 0 saturated carbocycles. The van der Waals surface area contributed by atoms with Crippen molar-refractivity contribution in [1.82, 2.24) is 24.6 Å². The van der Waals surface area contributed by atoms with E-state index in [0.717, 1.165) is 4.57 Å². The van der Waals surface area contributed by atoms with Crippen LogP contribution in [-0.2, 0) is 25.8 Å². The third kappa shape index (κ3) is 3.36. The van der Waals surface area contributed by atoms with Gasteiger partial charge in [-0.15, -0.1) is 10.2 Å². The zero-order chi connectivity index (χ0) is 19.9. The molecule has 0 amide bonds. The Morgan fingerprint density at radius 1 is 1.18 bits per heavy atom. The highest BCUT2D eigenvalue weighted by Crippen LogP contribution is 2.30. The van der Waals surface area contributed by atoms with Crippen LogP contribution in [0.4, 0.5) is 13.2 Å². The molecule has 2 aromatic heterocycles. The van der Waals surface area contributed by atoms with Crippen molar-refractivity contribution in [2.75, 3.05) is 6.54 Å². The van der Waals surface area contributed by atoms with Crippen LogP contribution in [0.1, 0.15) is 27.9 Å². The standard InChI is InChI=1S/C17H14F3N5O3/c18-17(19,20)16-23-22-12-9-24(6-7-25(12)16)8-11-13(15(26)27)21-14(28-11)10-4-2-1-3-5-10/h1-5H,6-9H2,(H,26,27). The number of hydrogen-bond donors (Lipinski definition) is 1. The molecular formula is C17H14F3N5O3. The molecule has 0 fully saturated rings. The lowest BCUT2D eigenvalue weighted by Gasteiger charge is -2.27. The summed E-state index contributed by atoms with van der Waals surface area (Å²) in [6.45, 7) is 0.465. The summed E-state index contributed by atoms with van der Waals surface area (Å²) in [6, 6.07) is 8.84. The van der Waals surface area contributed by atoms with E-state index in [-0.39, 0.29) is 49.3 Å². The van der Waals surface area contributed by atoms with Crippen molar-refractivity contribution in [2.24, 2.45) is 0 Å². The number of alkyl halides is 3. The first-order chi connectivity index (χ1) is 13.3. The van der Waals surface area contributed by atoms with E-state index in [1.807, 2.05) is 6.07 Å². The first-order valence-corrected chi connectivity index (χ1v) is 8.33. The van der Waals surface area contributed by atoms with Crippen LogP contribution in [0, 0.1) is 0 Å². The average Bonchev–Trinajstić information content (AvgIpc) is 3.26. The fourth-order valence-corrected chi connectivity index (χ4v) is 3.09. The molecule has 11 heteroatoms. The Morgan fingerprint density at radius 3 is 2.61 bits per heavy atom. The largest absolute Gasteiger partial charge is 0.476 e. The summed E-state index contributed by atoms with van der Waals surface area (Å²) in [7, 11) is 0. The maximum Gasteiger partial charge on any atom is 0.451 e. The average molecular weight is 393 g/mol. The number of carbonyl (C=O) groups is 1. The second kappa shape index (κ2) is 6.75. The molecule has 4 rings (SSSR count). The van der Waals surface area contributed by atoms with E-state index in [9.17, 15) is 23.1 Å². The molecule has 0 radical (unpaired) electrons. The van der Waals surface area contributed by atoms with E-state index in [2.05, 4.69) is 15.2 Å². The molecule has 1 aliphatic rings. The van der Waals surface area contributed by atoms with Crippen LogP contribution in [0.2, 0.25) is 0 Å². The second-order valence-corrected chi connectivity index (χ2v) is 6.26. The lowest BCUT2D eigenvalue weighted by Crippen LogP contribution is -2.35. The Morgan fingerprint density at radius 2 is 1.93 bits per heavy atom. The summed E-state index contributed by atoms with van der Waals surface area (Å²) in [6.07, 6.45) is -4.57. The van der Waals surface area contributed by atoms with Gasteiger partial charge in [-0.05, 0) is 12.1 Å². The number of hydrogen-bond acceptors (Lipinski definition) is 6. The second-order valence-electron chi connectivity index (χ2n) is 6.26. The van der Waals surface area contributed by atoms with Crippen molar-refractivity contribution >= 4 is 5.97 Å². The highest BCUT2D eigenvalue weighted by Gasteiger charge is 2.39. The van der Waals surface area contributed by atoms with Crippen molar-refractivity contribution in [3.63, 3.8) is 0 Å². The Kier molecular flexibility index (Phi) is 4.38. The number of benzene rings is 1. The van der Waals surface area contributed by atoms with E-state index in [4.69, 9.17) is 4.42 Å². The van der Waals surface area contributed by atoms with Crippen molar-refractivity contribution in [3.8, 4) is 11.5 Å². The number of halogens is 3. The molecule has 146 valence electrons. The summed E-state index contributed by atoms with van der Waals surface area (Å²) < 4.78 is 45.5. The number of rotatable bonds is 4. The Bertz CT molecular complexity index is 1010. The third-order valence-electron chi connectivity index (χ3n) is 4.37. The zero-order valence-electron chi connectivity index (χ0n) is 14.3. The van der Waals surface area contributed by atoms with E-state index in [0.29, 0.717) is 5.56 Å². The molecule has 8 nitrogen and oxygen atoms in total. The van der Waals surface area contributed by atoms with Gasteiger partial charge in [-0.3, -0.25) is 4.90 Å². The van der Waals surface area contributed by atoms with Gasteiger partial charge in [0.2, 0.25) is 11.7 Å². The maximum absolute atomic E-state index is 12.9. The summed E-state index contributed by atoms with van der Waals surface area (Å²) in [4.78, 5) is 17.3. The summed E-state index contributed by atoms with van der Waals surface area (Å²) in [5.41, 5.74) is 0.409. The minimum Gasteiger partial charge on any atom is -0.476 e. The summed E-state index contributed by atoms with van der Waals surface area (Å²) >= 11 is 0. The van der Waals surface area contributed by atoms with Gasteiger partial charge in [-0.1, -0.05) is 18.2 Å².